The van der Waals surface area contributed by atoms with Gasteiger partial charge in [0.25, 0.3) is 0 Å². The molecule has 1 aromatic rings. The van der Waals surface area contributed by atoms with Gasteiger partial charge in [0.2, 0.25) is 0 Å². The third kappa shape index (κ3) is 2.32. The van der Waals surface area contributed by atoms with E-state index in [0.717, 1.165) is 37.9 Å². The van der Waals surface area contributed by atoms with Gasteiger partial charge in [-0.25, -0.2) is 4.39 Å². The van der Waals surface area contributed by atoms with E-state index in [9.17, 15) is 9.18 Å². The maximum atomic E-state index is 13.3. The first-order valence-corrected chi connectivity index (χ1v) is 6.61. The largest absolute Gasteiger partial charge is 0.317 e. The van der Waals surface area contributed by atoms with Gasteiger partial charge < -0.3 is 5.32 Å². The van der Waals surface area contributed by atoms with Gasteiger partial charge in [0.15, 0.2) is 5.78 Å². The van der Waals surface area contributed by atoms with Crippen LogP contribution in [0, 0.1) is 18.2 Å². The quantitative estimate of drug-likeness (QED) is 0.834. The summed E-state index contributed by atoms with van der Waals surface area (Å²) in [4.78, 5) is 12.7. The van der Waals surface area contributed by atoms with Gasteiger partial charge in [-0.1, -0.05) is 13.0 Å². The molecule has 1 aromatic carbocycles. The van der Waals surface area contributed by atoms with Crippen LogP contribution in [0.5, 0.6) is 0 Å². The summed E-state index contributed by atoms with van der Waals surface area (Å²) in [6.07, 6.45) is 2.51. The number of nitrogens with one attached hydrogen (secondary N) is 1. The Morgan fingerprint density at radius 3 is 2.67 bits per heavy atom. The molecule has 0 atom stereocenters. The first-order valence-electron chi connectivity index (χ1n) is 6.61. The van der Waals surface area contributed by atoms with Gasteiger partial charge in [-0.15, -0.1) is 0 Å². The highest BCUT2D eigenvalue weighted by Gasteiger charge is 2.38. The molecule has 2 rings (SSSR count). The van der Waals surface area contributed by atoms with Crippen LogP contribution in [0.15, 0.2) is 18.2 Å². The highest BCUT2D eigenvalue weighted by atomic mass is 19.1. The SMILES string of the molecule is CCC1(C(=O)c2cc(F)ccc2C)CCNCC1. The Balaban J connectivity index is 2.36. The van der Waals surface area contributed by atoms with Gasteiger partial charge in [0.1, 0.15) is 5.82 Å². The summed E-state index contributed by atoms with van der Waals surface area (Å²) in [5.41, 5.74) is 1.12. The molecule has 0 aliphatic carbocycles. The van der Waals surface area contributed by atoms with Crippen molar-refractivity contribution in [3.8, 4) is 0 Å². The average molecular weight is 249 g/mol. The molecule has 18 heavy (non-hydrogen) atoms. The van der Waals surface area contributed by atoms with Crippen LogP contribution in [0.25, 0.3) is 0 Å². The second kappa shape index (κ2) is 5.19. The highest BCUT2D eigenvalue weighted by Crippen LogP contribution is 2.37. The van der Waals surface area contributed by atoms with E-state index in [2.05, 4.69) is 12.2 Å². The monoisotopic (exact) mass is 249 g/mol. The Kier molecular flexibility index (Phi) is 3.81. The Labute approximate surface area is 108 Å². The third-order valence-corrected chi connectivity index (χ3v) is 4.16. The van der Waals surface area contributed by atoms with Crippen molar-refractivity contribution in [2.45, 2.75) is 33.1 Å². The maximum absolute atomic E-state index is 13.3. The van der Waals surface area contributed by atoms with Crippen molar-refractivity contribution < 1.29 is 9.18 Å². The van der Waals surface area contributed by atoms with E-state index in [1.54, 1.807) is 6.07 Å². The highest BCUT2D eigenvalue weighted by molar-refractivity contribution is 6.01. The molecule has 0 aromatic heterocycles. The summed E-state index contributed by atoms with van der Waals surface area (Å²) in [6, 6.07) is 4.48. The minimum absolute atomic E-state index is 0.114. The van der Waals surface area contributed by atoms with Crippen molar-refractivity contribution in [3.05, 3.63) is 35.1 Å². The van der Waals surface area contributed by atoms with E-state index in [-0.39, 0.29) is 17.0 Å². The lowest BCUT2D eigenvalue weighted by atomic mass is 9.71. The summed E-state index contributed by atoms with van der Waals surface area (Å²) in [5.74, 6) is -0.215. The van der Waals surface area contributed by atoms with Gasteiger partial charge in [-0.05, 0) is 57.0 Å². The minimum Gasteiger partial charge on any atom is -0.317 e. The molecule has 98 valence electrons. The van der Waals surface area contributed by atoms with E-state index in [1.165, 1.54) is 12.1 Å². The molecule has 3 heteroatoms. The third-order valence-electron chi connectivity index (χ3n) is 4.16. The van der Waals surface area contributed by atoms with Crippen LogP contribution in [0.4, 0.5) is 4.39 Å². The Morgan fingerprint density at radius 1 is 1.39 bits per heavy atom. The van der Waals surface area contributed by atoms with Crippen molar-refractivity contribution in [1.82, 2.24) is 5.32 Å². The number of halogens is 1. The Morgan fingerprint density at radius 2 is 2.06 bits per heavy atom. The summed E-state index contributed by atoms with van der Waals surface area (Å²) in [6.45, 7) is 5.66. The van der Waals surface area contributed by atoms with Crippen LogP contribution in [0.2, 0.25) is 0 Å². The summed E-state index contributed by atoms with van der Waals surface area (Å²) in [5, 5.41) is 3.28. The second-order valence-corrected chi connectivity index (χ2v) is 5.17. The molecule has 1 N–H and O–H groups in total. The molecule has 0 amide bonds. The molecule has 1 heterocycles. The topological polar surface area (TPSA) is 29.1 Å². The second-order valence-electron chi connectivity index (χ2n) is 5.17. The lowest BCUT2D eigenvalue weighted by molar-refractivity contribution is 0.0716. The molecule has 2 nitrogen and oxygen atoms in total. The standard InChI is InChI=1S/C15H20FNO/c1-3-15(6-8-17-9-7-15)14(18)13-10-12(16)5-4-11(13)2/h4-5,10,17H,3,6-9H2,1-2H3. The lowest BCUT2D eigenvalue weighted by Crippen LogP contribution is -2.42. The number of carbonyl (C=O) groups excluding carboxylic acids is 1. The van der Waals surface area contributed by atoms with Crippen molar-refractivity contribution in [2.24, 2.45) is 5.41 Å². The fourth-order valence-corrected chi connectivity index (χ4v) is 2.77. The first kappa shape index (κ1) is 13.2. The van der Waals surface area contributed by atoms with E-state index in [1.807, 2.05) is 6.92 Å². The van der Waals surface area contributed by atoms with Gasteiger partial charge in [-0.2, -0.15) is 0 Å². The van der Waals surface area contributed by atoms with E-state index in [4.69, 9.17) is 0 Å². The zero-order valence-corrected chi connectivity index (χ0v) is 11.1. The fourth-order valence-electron chi connectivity index (χ4n) is 2.77. The van der Waals surface area contributed by atoms with Crippen LogP contribution < -0.4 is 5.32 Å². The number of carbonyl (C=O) groups is 1. The molecule has 0 radical (unpaired) electrons. The number of aryl methyl sites for hydroxylation is 1. The zero-order chi connectivity index (χ0) is 13.2. The molecule has 1 saturated heterocycles. The molecule has 1 aliphatic rings. The van der Waals surface area contributed by atoms with E-state index in [0.29, 0.717) is 5.56 Å². The van der Waals surface area contributed by atoms with Crippen LogP contribution >= 0.6 is 0 Å². The number of ketones is 1. The maximum Gasteiger partial charge on any atom is 0.169 e. The summed E-state index contributed by atoms with van der Waals surface area (Å²) < 4.78 is 13.3. The molecule has 0 spiro atoms. The van der Waals surface area contributed by atoms with Gasteiger partial charge in [0.05, 0.1) is 0 Å². The number of hydrogen-bond acceptors (Lipinski definition) is 2. The zero-order valence-electron chi connectivity index (χ0n) is 11.1. The van der Waals surface area contributed by atoms with Crippen molar-refractivity contribution in [3.63, 3.8) is 0 Å². The molecular formula is C15H20FNO. The predicted octanol–water partition coefficient (Wildman–Crippen LogP) is 3.10. The first-order chi connectivity index (χ1) is 8.59. The van der Waals surface area contributed by atoms with Crippen LogP contribution in [-0.4, -0.2) is 18.9 Å². The molecular weight excluding hydrogens is 229 g/mol. The van der Waals surface area contributed by atoms with Gasteiger partial charge in [-0.3, -0.25) is 4.79 Å². The predicted molar refractivity (Wildman–Crippen MR) is 70.3 cm³/mol. The number of hydrogen-bond donors (Lipinski definition) is 1. The van der Waals surface area contributed by atoms with Crippen molar-refractivity contribution >= 4 is 5.78 Å². The Hall–Kier alpha value is -1.22. The fraction of sp³-hybridized carbons (Fsp3) is 0.533. The molecule has 0 saturated carbocycles. The number of rotatable bonds is 3. The Bertz CT molecular complexity index is 450. The minimum atomic E-state index is -0.330. The summed E-state index contributed by atoms with van der Waals surface area (Å²) in [7, 11) is 0. The average Bonchev–Trinajstić information content (AvgIpc) is 2.41. The van der Waals surface area contributed by atoms with E-state index >= 15 is 0 Å². The van der Waals surface area contributed by atoms with E-state index < -0.39 is 0 Å². The number of Topliss-reactive ketones (excluding diaryl/α,β-unsaturated/α-hetero) is 1. The van der Waals surface area contributed by atoms with Gasteiger partial charge >= 0.3 is 0 Å². The van der Waals surface area contributed by atoms with Crippen LogP contribution in [0.3, 0.4) is 0 Å². The van der Waals surface area contributed by atoms with Crippen molar-refractivity contribution in [2.75, 3.05) is 13.1 Å². The van der Waals surface area contributed by atoms with Crippen molar-refractivity contribution in [1.29, 1.82) is 0 Å². The number of benzene rings is 1. The van der Waals surface area contributed by atoms with Crippen LogP contribution in [-0.2, 0) is 0 Å². The molecule has 1 fully saturated rings. The van der Waals surface area contributed by atoms with Crippen LogP contribution in [0.1, 0.15) is 42.1 Å². The normalized spacial score (nSPS) is 18.6. The molecule has 0 unspecified atom stereocenters. The van der Waals surface area contributed by atoms with Gasteiger partial charge in [0, 0.05) is 11.0 Å². The summed E-state index contributed by atoms with van der Waals surface area (Å²) >= 11 is 0. The lowest BCUT2D eigenvalue weighted by Gasteiger charge is -2.35. The molecule has 1 aliphatic heterocycles. The number of piperidine rings is 1. The molecule has 0 bridgehead atoms. The smallest absolute Gasteiger partial charge is 0.169 e.